The lowest BCUT2D eigenvalue weighted by atomic mass is 10.1. The van der Waals surface area contributed by atoms with Crippen LogP contribution in [0.3, 0.4) is 0 Å². The monoisotopic (exact) mass is 357 g/mol. The summed E-state index contributed by atoms with van der Waals surface area (Å²) in [6.45, 7) is 0.445. The molecule has 24 heavy (non-hydrogen) atoms. The van der Waals surface area contributed by atoms with Crippen molar-refractivity contribution in [3.05, 3.63) is 57.8 Å². The van der Waals surface area contributed by atoms with Crippen LogP contribution in [0.4, 0.5) is 13.2 Å². The summed E-state index contributed by atoms with van der Waals surface area (Å²) < 4.78 is 38.1. The predicted molar refractivity (Wildman–Crippen MR) is 88.0 cm³/mol. The topological polar surface area (TPSA) is 33.5 Å². The maximum absolute atomic E-state index is 12.7. The third-order valence-electron chi connectivity index (χ3n) is 3.71. The van der Waals surface area contributed by atoms with Crippen LogP contribution in [0.5, 0.6) is 0 Å². The number of carbonyl (C=O) groups is 1. The quantitative estimate of drug-likeness (QED) is 0.817. The molecule has 0 fully saturated rings. The lowest BCUT2D eigenvalue weighted by Crippen LogP contribution is -3.06. The van der Waals surface area contributed by atoms with E-state index in [1.54, 1.807) is 11.3 Å². The number of quaternary nitrogens is 1. The number of likely N-dealkylation sites (N-methyl/N-ethyl adjacent to an activating group) is 1. The van der Waals surface area contributed by atoms with E-state index in [-0.39, 0.29) is 18.4 Å². The molecule has 1 atom stereocenters. The van der Waals surface area contributed by atoms with Crippen molar-refractivity contribution >= 4 is 17.2 Å². The van der Waals surface area contributed by atoms with Crippen molar-refractivity contribution in [2.75, 3.05) is 20.6 Å². The van der Waals surface area contributed by atoms with Crippen LogP contribution in [0.2, 0.25) is 0 Å². The van der Waals surface area contributed by atoms with Gasteiger partial charge in [0.05, 0.1) is 37.5 Å². The number of rotatable bonds is 6. The molecule has 2 aromatic rings. The van der Waals surface area contributed by atoms with Crippen LogP contribution < -0.4 is 10.2 Å². The molecular weight excluding hydrogens is 337 g/mol. The molecule has 2 rings (SSSR count). The van der Waals surface area contributed by atoms with Gasteiger partial charge in [0, 0.05) is 0 Å². The van der Waals surface area contributed by atoms with Crippen molar-refractivity contribution in [2.24, 2.45) is 0 Å². The van der Waals surface area contributed by atoms with Gasteiger partial charge in [-0.2, -0.15) is 13.2 Å². The van der Waals surface area contributed by atoms with Crippen molar-refractivity contribution in [3.8, 4) is 0 Å². The van der Waals surface area contributed by atoms with Gasteiger partial charge in [-0.25, -0.2) is 0 Å². The first-order chi connectivity index (χ1) is 11.3. The van der Waals surface area contributed by atoms with Gasteiger partial charge in [-0.05, 0) is 23.1 Å². The summed E-state index contributed by atoms with van der Waals surface area (Å²) in [5.74, 6) is -0.280. The Hall–Kier alpha value is -1.86. The highest BCUT2D eigenvalue weighted by molar-refractivity contribution is 7.10. The molecule has 1 aromatic heterocycles. The first kappa shape index (κ1) is 18.5. The molecular formula is C17H20F3N2OS+. The molecule has 1 heterocycles. The van der Waals surface area contributed by atoms with Crippen molar-refractivity contribution < 1.29 is 22.9 Å². The van der Waals surface area contributed by atoms with E-state index in [1.165, 1.54) is 17.0 Å². The SMILES string of the molecule is C[NH+](C)[C@H](CNC(=O)Cc1cccc(C(F)(F)F)c1)c1cccs1. The molecule has 0 aliphatic carbocycles. The van der Waals surface area contributed by atoms with Gasteiger partial charge in [0.2, 0.25) is 5.91 Å². The normalized spacial score (nSPS) is 13.1. The molecule has 3 nitrogen and oxygen atoms in total. The van der Waals surface area contributed by atoms with Gasteiger partial charge >= 0.3 is 6.18 Å². The number of hydrogen-bond donors (Lipinski definition) is 2. The van der Waals surface area contributed by atoms with Gasteiger partial charge in [0.25, 0.3) is 0 Å². The molecule has 0 bridgehead atoms. The zero-order valence-corrected chi connectivity index (χ0v) is 14.3. The second-order valence-corrected chi connectivity index (χ2v) is 6.80. The molecule has 0 radical (unpaired) electrons. The second kappa shape index (κ2) is 7.81. The summed E-state index contributed by atoms with van der Waals surface area (Å²) in [5, 5.41) is 4.81. The lowest BCUT2D eigenvalue weighted by Gasteiger charge is -2.20. The van der Waals surface area contributed by atoms with E-state index in [0.29, 0.717) is 12.1 Å². The summed E-state index contributed by atoms with van der Waals surface area (Å²) in [5.41, 5.74) is -0.380. The Morgan fingerprint density at radius 2 is 2.00 bits per heavy atom. The number of alkyl halides is 3. The van der Waals surface area contributed by atoms with E-state index in [0.717, 1.165) is 17.0 Å². The van der Waals surface area contributed by atoms with E-state index >= 15 is 0 Å². The number of nitrogens with one attached hydrogen (secondary N) is 2. The number of carbonyl (C=O) groups excluding carboxylic acids is 1. The molecule has 0 aliphatic heterocycles. The number of hydrogen-bond acceptors (Lipinski definition) is 2. The zero-order chi connectivity index (χ0) is 17.7. The number of halogens is 3. The van der Waals surface area contributed by atoms with E-state index in [2.05, 4.69) is 5.32 Å². The Bertz CT molecular complexity index is 669. The number of thiophene rings is 1. The van der Waals surface area contributed by atoms with E-state index in [9.17, 15) is 18.0 Å². The van der Waals surface area contributed by atoms with Gasteiger partial charge in [0.15, 0.2) is 0 Å². The predicted octanol–water partition coefficient (Wildman–Crippen LogP) is 2.31. The van der Waals surface area contributed by atoms with E-state index in [1.807, 2.05) is 31.6 Å². The maximum Gasteiger partial charge on any atom is 0.416 e. The van der Waals surface area contributed by atoms with Gasteiger partial charge in [-0.15, -0.1) is 11.3 Å². The molecule has 0 unspecified atom stereocenters. The average molecular weight is 357 g/mol. The zero-order valence-electron chi connectivity index (χ0n) is 13.5. The highest BCUT2D eigenvalue weighted by atomic mass is 32.1. The fraction of sp³-hybridized carbons (Fsp3) is 0.353. The first-order valence-electron chi connectivity index (χ1n) is 7.53. The summed E-state index contributed by atoms with van der Waals surface area (Å²) in [6, 6.07) is 8.97. The van der Waals surface area contributed by atoms with Gasteiger partial charge in [-0.3, -0.25) is 4.79 Å². The Balaban J connectivity index is 1.96. The first-order valence-corrected chi connectivity index (χ1v) is 8.41. The molecule has 1 amide bonds. The minimum Gasteiger partial charge on any atom is -0.349 e. The Morgan fingerprint density at radius 1 is 1.25 bits per heavy atom. The molecule has 2 N–H and O–H groups in total. The van der Waals surface area contributed by atoms with E-state index < -0.39 is 11.7 Å². The summed E-state index contributed by atoms with van der Waals surface area (Å²) in [7, 11) is 4.01. The highest BCUT2D eigenvalue weighted by Crippen LogP contribution is 2.29. The van der Waals surface area contributed by atoms with Crippen LogP contribution in [0.25, 0.3) is 0 Å². The van der Waals surface area contributed by atoms with Crippen LogP contribution in [-0.4, -0.2) is 26.5 Å². The van der Waals surface area contributed by atoms with Crippen molar-refractivity contribution in [1.29, 1.82) is 0 Å². The summed E-state index contributed by atoms with van der Waals surface area (Å²) in [4.78, 5) is 14.4. The minimum atomic E-state index is -4.40. The van der Waals surface area contributed by atoms with Crippen LogP contribution >= 0.6 is 11.3 Å². The van der Waals surface area contributed by atoms with Gasteiger partial charge in [-0.1, -0.05) is 24.3 Å². The van der Waals surface area contributed by atoms with Gasteiger partial charge in [0.1, 0.15) is 6.04 Å². The Kier molecular flexibility index (Phi) is 6.01. The molecule has 1 aromatic carbocycles. The maximum atomic E-state index is 12.7. The summed E-state index contributed by atoms with van der Waals surface area (Å²) in [6.07, 6.45) is -4.46. The average Bonchev–Trinajstić information content (AvgIpc) is 3.00. The minimum absolute atomic E-state index is 0.0656. The lowest BCUT2D eigenvalue weighted by molar-refractivity contribution is -0.890. The van der Waals surface area contributed by atoms with Crippen molar-refractivity contribution in [1.82, 2.24) is 5.32 Å². The highest BCUT2D eigenvalue weighted by Gasteiger charge is 2.30. The number of amides is 1. The van der Waals surface area contributed by atoms with Crippen LogP contribution in [0.15, 0.2) is 41.8 Å². The second-order valence-electron chi connectivity index (χ2n) is 5.82. The molecule has 7 heteroatoms. The third kappa shape index (κ3) is 5.07. The fourth-order valence-electron chi connectivity index (χ4n) is 2.40. The molecule has 130 valence electrons. The number of benzene rings is 1. The van der Waals surface area contributed by atoms with Gasteiger partial charge < -0.3 is 10.2 Å². The van der Waals surface area contributed by atoms with Crippen molar-refractivity contribution in [3.63, 3.8) is 0 Å². The summed E-state index contributed by atoms with van der Waals surface area (Å²) >= 11 is 1.62. The fourth-order valence-corrected chi connectivity index (χ4v) is 3.35. The largest absolute Gasteiger partial charge is 0.416 e. The molecule has 0 saturated carbocycles. The van der Waals surface area contributed by atoms with Crippen LogP contribution in [0, 0.1) is 0 Å². The third-order valence-corrected chi connectivity index (χ3v) is 4.69. The Labute approximate surface area is 143 Å². The van der Waals surface area contributed by atoms with E-state index in [4.69, 9.17) is 0 Å². The molecule has 0 saturated heterocycles. The molecule has 0 aliphatic rings. The van der Waals surface area contributed by atoms with Crippen LogP contribution in [-0.2, 0) is 17.4 Å². The Morgan fingerprint density at radius 3 is 2.58 bits per heavy atom. The van der Waals surface area contributed by atoms with Crippen molar-refractivity contribution in [2.45, 2.75) is 18.6 Å². The van der Waals surface area contributed by atoms with Crippen LogP contribution in [0.1, 0.15) is 22.0 Å². The smallest absolute Gasteiger partial charge is 0.349 e. The standard InChI is InChI=1S/C17H19F3N2OS/c1-22(2)14(15-7-4-8-24-15)11-21-16(23)10-12-5-3-6-13(9-12)17(18,19)20/h3-9,14H,10-11H2,1-2H3,(H,21,23)/p+1/t14-/m1/s1. The molecule has 0 spiro atoms.